The van der Waals surface area contributed by atoms with Crippen LogP contribution in [0.15, 0.2) is 6.20 Å². The van der Waals surface area contributed by atoms with E-state index in [0.29, 0.717) is 0 Å². The molecular formula is C5H8N2S2. The summed E-state index contributed by atoms with van der Waals surface area (Å²) in [4.78, 5) is 4.05. The van der Waals surface area contributed by atoms with Gasteiger partial charge in [-0.1, -0.05) is 0 Å². The summed E-state index contributed by atoms with van der Waals surface area (Å²) in [6, 6.07) is 0. The molecule has 1 rings (SSSR count). The Balaban J connectivity index is 2.61. The van der Waals surface area contributed by atoms with Crippen LogP contribution in [-0.4, -0.2) is 10.7 Å². The van der Waals surface area contributed by atoms with Crippen LogP contribution in [0.3, 0.4) is 0 Å². The molecule has 0 bridgehead atoms. The van der Waals surface area contributed by atoms with Gasteiger partial charge in [-0.05, 0) is 5.75 Å². The highest BCUT2D eigenvalue weighted by Gasteiger charge is 1.95. The zero-order chi connectivity index (χ0) is 6.69. The minimum Gasteiger partial charge on any atom is -0.389 e. The van der Waals surface area contributed by atoms with Gasteiger partial charge in [0.05, 0.1) is 11.2 Å². The Morgan fingerprint density at radius 1 is 1.78 bits per heavy atom. The van der Waals surface area contributed by atoms with Crippen LogP contribution >= 0.6 is 24.0 Å². The van der Waals surface area contributed by atoms with Gasteiger partial charge in [0.15, 0.2) is 0 Å². The summed E-state index contributed by atoms with van der Waals surface area (Å²) in [6.45, 7) is 0. The normalized spacial score (nSPS) is 9.89. The molecular weight excluding hydrogens is 152 g/mol. The van der Waals surface area contributed by atoms with E-state index < -0.39 is 0 Å². The monoisotopic (exact) mass is 160 g/mol. The summed E-state index contributed by atoms with van der Waals surface area (Å²) >= 11 is 5.60. The first-order valence-corrected chi connectivity index (χ1v) is 4.09. The van der Waals surface area contributed by atoms with Crippen molar-refractivity contribution in [2.75, 3.05) is 11.5 Å². The van der Waals surface area contributed by atoms with E-state index in [1.807, 2.05) is 0 Å². The molecule has 1 aromatic rings. The van der Waals surface area contributed by atoms with Crippen LogP contribution in [0.4, 0.5) is 5.00 Å². The second kappa shape index (κ2) is 3.08. The Morgan fingerprint density at radius 3 is 3.00 bits per heavy atom. The van der Waals surface area contributed by atoms with Crippen molar-refractivity contribution < 1.29 is 0 Å². The molecule has 0 unspecified atom stereocenters. The molecule has 1 heterocycles. The molecule has 2 nitrogen and oxygen atoms in total. The number of aromatic nitrogens is 1. The predicted molar refractivity (Wildman–Crippen MR) is 44.1 cm³/mol. The molecule has 0 spiro atoms. The predicted octanol–water partition coefficient (Wildman–Crippen LogP) is 1.20. The number of nitrogen functional groups attached to an aromatic ring is 1. The summed E-state index contributed by atoms with van der Waals surface area (Å²) in [5, 5.41) is 1.86. The van der Waals surface area contributed by atoms with Gasteiger partial charge in [0.1, 0.15) is 5.00 Å². The first-order valence-electron chi connectivity index (χ1n) is 2.64. The van der Waals surface area contributed by atoms with E-state index >= 15 is 0 Å². The maximum atomic E-state index is 5.44. The van der Waals surface area contributed by atoms with Gasteiger partial charge in [0, 0.05) is 6.42 Å². The SMILES string of the molecule is Nc1cnc(CCS)s1. The minimum atomic E-state index is 0.784. The van der Waals surface area contributed by atoms with E-state index in [1.165, 1.54) is 11.3 Å². The van der Waals surface area contributed by atoms with Crippen LogP contribution in [0.5, 0.6) is 0 Å². The molecule has 0 aliphatic carbocycles. The van der Waals surface area contributed by atoms with Crippen LogP contribution in [0.2, 0.25) is 0 Å². The third-order valence-corrected chi connectivity index (χ3v) is 2.01. The lowest BCUT2D eigenvalue weighted by atomic mass is 10.5. The molecule has 0 radical (unpaired) electrons. The number of nitrogens with zero attached hydrogens (tertiary/aromatic N) is 1. The van der Waals surface area contributed by atoms with Crippen LogP contribution in [0, 0.1) is 0 Å². The van der Waals surface area contributed by atoms with Gasteiger partial charge in [-0.3, -0.25) is 0 Å². The average molecular weight is 160 g/mol. The number of aryl methyl sites for hydroxylation is 1. The van der Waals surface area contributed by atoms with E-state index in [0.717, 1.165) is 22.2 Å². The fourth-order valence-electron chi connectivity index (χ4n) is 0.536. The Kier molecular flexibility index (Phi) is 2.36. The molecule has 50 valence electrons. The fourth-order valence-corrected chi connectivity index (χ4v) is 1.59. The average Bonchev–Trinajstić information content (AvgIpc) is 2.17. The van der Waals surface area contributed by atoms with E-state index in [-0.39, 0.29) is 0 Å². The third-order valence-electron chi connectivity index (χ3n) is 0.897. The number of anilines is 1. The van der Waals surface area contributed by atoms with E-state index in [2.05, 4.69) is 17.6 Å². The van der Waals surface area contributed by atoms with Crippen molar-refractivity contribution in [1.29, 1.82) is 0 Å². The molecule has 0 atom stereocenters. The van der Waals surface area contributed by atoms with E-state index in [1.54, 1.807) is 6.20 Å². The number of nitrogens with two attached hydrogens (primary N) is 1. The van der Waals surface area contributed by atoms with Gasteiger partial charge >= 0.3 is 0 Å². The number of hydrogen-bond donors (Lipinski definition) is 2. The highest BCUT2D eigenvalue weighted by molar-refractivity contribution is 7.80. The molecule has 0 saturated carbocycles. The van der Waals surface area contributed by atoms with E-state index in [4.69, 9.17) is 5.73 Å². The summed E-state index contributed by atoms with van der Waals surface area (Å²) in [5.41, 5.74) is 5.44. The first kappa shape index (κ1) is 6.89. The molecule has 0 aliphatic rings. The Morgan fingerprint density at radius 2 is 2.56 bits per heavy atom. The zero-order valence-corrected chi connectivity index (χ0v) is 6.58. The molecule has 9 heavy (non-hydrogen) atoms. The molecule has 0 amide bonds. The summed E-state index contributed by atoms with van der Waals surface area (Å²) in [6.07, 6.45) is 2.61. The van der Waals surface area contributed by atoms with Gasteiger partial charge < -0.3 is 5.73 Å². The minimum absolute atomic E-state index is 0.784. The van der Waals surface area contributed by atoms with Crippen molar-refractivity contribution in [1.82, 2.24) is 4.98 Å². The molecule has 0 saturated heterocycles. The lowest BCUT2D eigenvalue weighted by Gasteiger charge is -1.84. The summed E-state index contributed by atoms with van der Waals surface area (Å²) in [5.74, 6) is 0.840. The maximum Gasteiger partial charge on any atom is 0.106 e. The second-order valence-corrected chi connectivity index (χ2v) is 3.22. The molecule has 0 aromatic carbocycles. The standard InChI is InChI=1S/C5H8N2S2/c6-4-3-7-5(9-4)1-2-8/h3,8H,1-2,6H2. The first-order chi connectivity index (χ1) is 4.33. The van der Waals surface area contributed by atoms with Crippen molar-refractivity contribution in [2.45, 2.75) is 6.42 Å². The molecule has 0 aliphatic heterocycles. The topological polar surface area (TPSA) is 38.9 Å². The Bertz CT molecular complexity index is 185. The zero-order valence-electron chi connectivity index (χ0n) is 4.87. The maximum absolute atomic E-state index is 5.44. The van der Waals surface area contributed by atoms with E-state index in [9.17, 15) is 0 Å². The number of thiol groups is 1. The highest BCUT2D eigenvalue weighted by Crippen LogP contribution is 2.14. The lowest BCUT2D eigenvalue weighted by molar-refractivity contribution is 1.11. The molecule has 4 heteroatoms. The molecule has 2 N–H and O–H groups in total. The van der Waals surface area contributed by atoms with Gasteiger partial charge in [-0.2, -0.15) is 12.6 Å². The van der Waals surface area contributed by atoms with Crippen LogP contribution < -0.4 is 5.73 Å². The number of rotatable bonds is 2. The van der Waals surface area contributed by atoms with Crippen molar-refractivity contribution in [3.8, 4) is 0 Å². The smallest absolute Gasteiger partial charge is 0.106 e. The van der Waals surface area contributed by atoms with Crippen LogP contribution in [0.1, 0.15) is 5.01 Å². The third kappa shape index (κ3) is 1.87. The molecule has 0 fully saturated rings. The fraction of sp³-hybridized carbons (Fsp3) is 0.400. The van der Waals surface area contributed by atoms with Crippen molar-refractivity contribution >= 4 is 29.0 Å². The Labute approximate surface area is 63.5 Å². The van der Waals surface area contributed by atoms with Crippen LogP contribution in [0.25, 0.3) is 0 Å². The van der Waals surface area contributed by atoms with Gasteiger partial charge in [0.25, 0.3) is 0 Å². The van der Waals surface area contributed by atoms with Crippen molar-refractivity contribution in [3.05, 3.63) is 11.2 Å². The van der Waals surface area contributed by atoms with Gasteiger partial charge in [-0.15, -0.1) is 11.3 Å². The summed E-state index contributed by atoms with van der Waals surface area (Å²) < 4.78 is 0. The quantitative estimate of drug-likeness (QED) is 0.638. The largest absolute Gasteiger partial charge is 0.389 e. The number of hydrogen-bond acceptors (Lipinski definition) is 4. The summed E-state index contributed by atoms with van der Waals surface area (Å²) in [7, 11) is 0. The van der Waals surface area contributed by atoms with Crippen molar-refractivity contribution in [3.63, 3.8) is 0 Å². The van der Waals surface area contributed by atoms with Gasteiger partial charge in [0.2, 0.25) is 0 Å². The molecule has 1 aromatic heterocycles. The van der Waals surface area contributed by atoms with Crippen LogP contribution in [-0.2, 0) is 6.42 Å². The highest BCUT2D eigenvalue weighted by atomic mass is 32.1. The van der Waals surface area contributed by atoms with Gasteiger partial charge in [-0.25, -0.2) is 4.98 Å². The Hall–Kier alpha value is -0.220. The van der Waals surface area contributed by atoms with Crippen molar-refractivity contribution in [2.24, 2.45) is 0 Å². The number of thiazole rings is 1. The second-order valence-electron chi connectivity index (χ2n) is 1.63. The lowest BCUT2D eigenvalue weighted by Crippen LogP contribution is -1.81.